The fraction of sp³-hybridized carbons (Fsp3) is 0.0714. The molecule has 0 aliphatic heterocycles. The molecule has 0 N–H and O–H groups in total. The van der Waals surface area contributed by atoms with Gasteiger partial charge < -0.3 is 4.57 Å². The Labute approximate surface area is 354 Å². The number of aromatic nitrogens is 1. The number of hydrogen-bond acceptors (Lipinski definition) is 2. The number of hydrogen-bond donors (Lipinski definition) is 0. The lowest BCUT2D eigenvalue weighted by Gasteiger charge is -2.22. The molecule has 2 aromatic heterocycles. The fourth-order valence-corrected chi connectivity index (χ4v) is 10.6. The van der Waals surface area contributed by atoms with Crippen molar-refractivity contribution in [2.24, 2.45) is 9.98 Å². The van der Waals surface area contributed by atoms with Crippen LogP contribution in [0, 0.1) is 0 Å². The molecule has 2 heterocycles. The fourth-order valence-electron chi connectivity index (χ4n) is 9.35. The lowest BCUT2D eigenvalue weighted by molar-refractivity contribution is 0.661. The van der Waals surface area contributed by atoms with Crippen molar-refractivity contribution in [1.29, 1.82) is 0 Å². The molecule has 0 fully saturated rings. The first-order valence-corrected chi connectivity index (χ1v) is 21.3. The lowest BCUT2D eigenvalue weighted by atomic mass is 9.82. The summed E-state index contributed by atoms with van der Waals surface area (Å²) >= 11 is 1.86. The topological polar surface area (TPSA) is 29.6 Å². The standard InChI is InChI=1S/C56H41N3S/c1-35(37-18-7-5-8-19-37)57-55(58-36(2)38-20-9-6-10-21-38)39-30-31-42(44-25-17-26-45-43-24-13-16-29-53(43)60-54(44)45)51(32-39)59-50-28-15-12-23-41(50)47-33-46-40-22-11-14-27-48(40)56(3,4)49(46)34-52(47)59/h5-34H,1H2,2-4H3. The smallest absolute Gasteiger partial charge is 0.160 e. The summed E-state index contributed by atoms with van der Waals surface area (Å²) in [5.41, 5.74) is 15.4. The van der Waals surface area contributed by atoms with Gasteiger partial charge in [-0.3, -0.25) is 0 Å². The van der Waals surface area contributed by atoms with Gasteiger partial charge in [-0.1, -0.05) is 172 Å². The third-order valence-electron chi connectivity index (χ3n) is 12.4. The number of benzene rings is 8. The van der Waals surface area contributed by atoms with Gasteiger partial charge in [0, 0.05) is 58.8 Å². The third-order valence-corrected chi connectivity index (χ3v) is 13.6. The van der Waals surface area contributed by atoms with E-state index in [-0.39, 0.29) is 5.41 Å². The Morgan fingerprint density at radius 1 is 0.500 bits per heavy atom. The molecule has 0 bridgehead atoms. The minimum atomic E-state index is -0.157. The molecular formula is C56H41N3S. The summed E-state index contributed by atoms with van der Waals surface area (Å²) in [6.45, 7) is 11.2. The monoisotopic (exact) mass is 787 g/mol. The molecule has 0 amide bonds. The van der Waals surface area contributed by atoms with Crippen LogP contribution < -0.4 is 0 Å². The maximum atomic E-state index is 5.30. The van der Waals surface area contributed by atoms with Crippen LogP contribution in [0.2, 0.25) is 0 Å². The molecule has 0 saturated carbocycles. The van der Waals surface area contributed by atoms with E-state index in [0.717, 1.165) is 39.2 Å². The number of thiophene rings is 1. The molecule has 0 unspecified atom stereocenters. The molecule has 10 aromatic rings. The molecule has 0 atom stereocenters. The average molecular weight is 788 g/mol. The van der Waals surface area contributed by atoms with Crippen LogP contribution in [-0.2, 0) is 5.41 Å². The normalized spacial score (nSPS) is 13.7. The van der Waals surface area contributed by atoms with Crippen molar-refractivity contribution in [2.45, 2.75) is 26.2 Å². The van der Waals surface area contributed by atoms with Crippen LogP contribution >= 0.6 is 11.3 Å². The summed E-state index contributed by atoms with van der Waals surface area (Å²) in [6.07, 6.45) is 0. The van der Waals surface area contributed by atoms with E-state index >= 15 is 0 Å². The van der Waals surface area contributed by atoms with E-state index in [4.69, 9.17) is 9.98 Å². The van der Waals surface area contributed by atoms with Gasteiger partial charge in [0.25, 0.3) is 0 Å². The van der Waals surface area contributed by atoms with Crippen molar-refractivity contribution in [3.8, 4) is 27.9 Å². The molecule has 8 aromatic carbocycles. The highest BCUT2D eigenvalue weighted by Crippen LogP contribution is 2.51. The van der Waals surface area contributed by atoms with Crippen molar-refractivity contribution >= 4 is 70.6 Å². The highest BCUT2D eigenvalue weighted by Gasteiger charge is 2.36. The van der Waals surface area contributed by atoms with Gasteiger partial charge in [0.15, 0.2) is 5.84 Å². The van der Waals surface area contributed by atoms with Crippen LogP contribution in [0.4, 0.5) is 0 Å². The molecule has 0 saturated heterocycles. The molecule has 1 aliphatic carbocycles. The van der Waals surface area contributed by atoms with Gasteiger partial charge in [0.2, 0.25) is 0 Å². The molecule has 60 heavy (non-hydrogen) atoms. The number of fused-ring (bicyclic) bond motifs is 9. The van der Waals surface area contributed by atoms with Gasteiger partial charge in [0.05, 0.1) is 22.4 Å². The molecular weight excluding hydrogens is 747 g/mol. The first kappa shape index (κ1) is 36.0. The molecule has 286 valence electrons. The van der Waals surface area contributed by atoms with Crippen LogP contribution in [-0.4, -0.2) is 16.1 Å². The Bertz CT molecular complexity index is 3420. The van der Waals surface area contributed by atoms with Gasteiger partial charge >= 0.3 is 0 Å². The van der Waals surface area contributed by atoms with Gasteiger partial charge in [-0.2, -0.15) is 0 Å². The first-order valence-electron chi connectivity index (χ1n) is 20.5. The summed E-state index contributed by atoms with van der Waals surface area (Å²) in [5.74, 6) is 0.608. The quantitative estimate of drug-likeness (QED) is 0.119. The Kier molecular flexibility index (Phi) is 8.40. The largest absolute Gasteiger partial charge is 0.309 e. The Morgan fingerprint density at radius 3 is 1.98 bits per heavy atom. The average Bonchev–Trinajstić information content (AvgIpc) is 3.91. The third kappa shape index (κ3) is 5.71. The molecule has 1 aliphatic rings. The lowest BCUT2D eigenvalue weighted by Crippen LogP contribution is -2.15. The first-order chi connectivity index (χ1) is 29.3. The predicted octanol–water partition coefficient (Wildman–Crippen LogP) is 15.1. The Morgan fingerprint density at radius 2 is 1.17 bits per heavy atom. The van der Waals surface area contributed by atoms with Crippen LogP contribution in [0.3, 0.4) is 0 Å². The van der Waals surface area contributed by atoms with Gasteiger partial charge in [-0.05, 0) is 70.6 Å². The van der Waals surface area contributed by atoms with E-state index in [2.05, 4.69) is 165 Å². The number of amidine groups is 1. The van der Waals surface area contributed by atoms with E-state index in [1.165, 1.54) is 64.3 Å². The van der Waals surface area contributed by atoms with Crippen molar-refractivity contribution in [3.63, 3.8) is 0 Å². The highest BCUT2D eigenvalue weighted by molar-refractivity contribution is 7.26. The van der Waals surface area contributed by atoms with Crippen LogP contribution in [0.5, 0.6) is 0 Å². The number of para-hydroxylation sites is 1. The molecule has 0 spiro atoms. The summed E-state index contributed by atoms with van der Waals surface area (Å²) in [4.78, 5) is 10.5. The maximum absolute atomic E-state index is 5.30. The second kappa shape index (κ2) is 14.0. The van der Waals surface area contributed by atoms with E-state index in [1.54, 1.807) is 0 Å². The van der Waals surface area contributed by atoms with Gasteiger partial charge in [-0.15, -0.1) is 11.3 Å². The summed E-state index contributed by atoms with van der Waals surface area (Å²) < 4.78 is 5.05. The van der Waals surface area contributed by atoms with E-state index in [1.807, 2.05) is 59.9 Å². The second-order valence-corrected chi connectivity index (χ2v) is 17.3. The van der Waals surface area contributed by atoms with Gasteiger partial charge in [-0.25, -0.2) is 9.98 Å². The van der Waals surface area contributed by atoms with E-state index < -0.39 is 0 Å². The number of rotatable bonds is 6. The maximum Gasteiger partial charge on any atom is 0.160 e. The van der Waals surface area contributed by atoms with E-state index in [0.29, 0.717) is 11.5 Å². The minimum absolute atomic E-state index is 0.157. The molecule has 3 nitrogen and oxygen atoms in total. The van der Waals surface area contributed by atoms with Crippen molar-refractivity contribution < 1.29 is 0 Å². The summed E-state index contributed by atoms with van der Waals surface area (Å²) in [6, 6.07) is 65.4. The van der Waals surface area contributed by atoms with Gasteiger partial charge in [0.1, 0.15) is 0 Å². The Hall–Kier alpha value is -7.14. The SMILES string of the molecule is C=C(N=C(N=C(C)c1ccccc1)c1ccc(-c2cccc3c2sc2ccccc23)c(-n2c3ccccc3c3cc4c(cc32)C(C)(C)c2ccccc2-4)c1)c1ccccc1. The summed E-state index contributed by atoms with van der Waals surface area (Å²) in [7, 11) is 0. The minimum Gasteiger partial charge on any atom is -0.309 e. The van der Waals surface area contributed by atoms with Crippen molar-refractivity contribution in [2.75, 3.05) is 0 Å². The van der Waals surface area contributed by atoms with Crippen molar-refractivity contribution in [3.05, 3.63) is 216 Å². The zero-order valence-electron chi connectivity index (χ0n) is 33.8. The molecule has 11 rings (SSSR count). The highest BCUT2D eigenvalue weighted by atomic mass is 32.1. The second-order valence-electron chi connectivity index (χ2n) is 16.3. The number of nitrogens with zero attached hydrogens (tertiary/aromatic N) is 3. The van der Waals surface area contributed by atoms with Crippen molar-refractivity contribution in [1.82, 2.24) is 4.57 Å². The molecule has 4 heteroatoms. The predicted molar refractivity (Wildman–Crippen MR) is 257 cm³/mol. The zero-order chi connectivity index (χ0) is 40.5. The van der Waals surface area contributed by atoms with E-state index in [9.17, 15) is 0 Å². The number of aliphatic imine (C=N–C) groups is 2. The van der Waals surface area contributed by atoms with Crippen LogP contribution in [0.25, 0.3) is 75.6 Å². The zero-order valence-corrected chi connectivity index (χ0v) is 34.6. The van der Waals surface area contributed by atoms with Crippen LogP contribution in [0.15, 0.2) is 199 Å². The van der Waals surface area contributed by atoms with Crippen LogP contribution in [0.1, 0.15) is 48.6 Å². The summed E-state index contributed by atoms with van der Waals surface area (Å²) in [5, 5.41) is 5.01. The Balaban J connectivity index is 1.22. The molecule has 0 radical (unpaired) electrons.